The second kappa shape index (κ2) is 10.5. The van der Waals surface area contributed by atoms with Crippen molar-refractivity contribution in [3.05, 3.63) is 70.2 Å². The Morgan fingerprint density at radius 1 is 1.09 bits per heavy atom. The molecule has 0 bridgehead atoms. The van der Waals surface area contributed by atoms with Crippen molar-refractivity contribution in [1.29, 1.82) is 0 Å². The van der Waals surface area contributed by atoms with Crippen LogP contribution in [-0.4, -0.2) is 34.2 Å². The minimum absolute atomic E-state index is 0.151. The van der Waals surface area contributed by atoms with E-state index in [0.717, 1.165) is 38.3 Å². The second-order valence-electron chi connectivity index (χ2n) is 7.50. The zero-order chi connectivity index (χ0) is 24.2. The predicted octanol–water partition coefficient (Wildman–Crippen LogP) is 5.23. The van der Waals surface area contributed by atoms with Crippen molar-refractivity contribution in [3.63, 3.8) is 0 Å². The van der Waals surface area contributed by atoms with Crippen LogP contribution in [0.1, 0.15) is 16.3 Å². The van der Waals surface area contributed by atoms with Crippen LogP contribution in [0.5, 0.6) is 5.75 Å². The van der Waals surface area contributed by atoms with Crippen LogP contribution in [0.3, 0.4) is 0 Å². The summed E-state index contributed by atoms with van der Waals surface area (Å²) in [7, 11) is 2.01. The summed E-state index contributed by atoms with van der Waals surface area (Å²) in [5.74, 6) is 0.593. The average Bonchev–Trinajstić information content (AvgIpc) is 3.43. The van der Waals surface area contributed by atoms with Gasteiger partial charge < -0.3 is 10.1 Å². The van der Waals surface area contributed by atoms with Crippen molar-refractivity contribution < 1.29 is 13.7 Å². The van der Waals surface area contributed by atoms with Crippen LogP contribution < -0.4 is 14.4 Å². The topological polar surface area (TPSA) is 84.4 Å². The number of ether oxygens (including phenoxy) is 1. The molecule has 4 aromatic rings. The highest BCUT2D eigenvalue weighted by atomic mass is 32.2. The first-order chi connectivity index (χ1) is 16.3. The van der Waals surface area contributed by atoms with E-state index in [4.69, 9.17) is 4.74 Å². The Hall–Kier alpha value is -3.08. The molecule has 1 N–H and O–H groups in total. The standard InChI is InChI=1S/C24H24N4O3S3/c1-15-23(33-16(2)25-15)21-14-32-24(26-21)27-22(29)13-17-5-11-20(12-6-17)34(30)28(3)18-7-9-19(31-4)10-8-18/h5-12,14H,13H2,1-4H3,(H,26,27,29). The van der Waals surface area contributed by atoms with Crippen molar-refractivity contribution in [2.75, 3.05) is 23.8 Å². The zero-order valence-electron chi connectivity index (χ0n) is 19.2. The maximum Gasteiger partial charge on any atom is 0.230 e. The van der Waals surface area contributed by atoms with Gasteiger partial charge in [-0.25, -0.2) is 14.2 Å². The molecule has 1 unspecified atom stereocenters. The van der Waals surface area contributed by atoms with Gasteiger partial charge in [0.05, 0.1) is 39.7 Å². The van der Waals surface area contributed by atoms with E-state index < -0.39 is 11.0 Å². The van der Waals surface area contributed by atoms with E-state index in [0.29, 0.717) is 10.0 Å². The van der Waals surface area contributed by atoms with Crippen LogP contribution in [0.15, 0.2) is 58.8 Å². The minimum Gasteiger partial charge on any atom is -0.497 e. The molecule has 1 amide bonds. The lowest BCUT2D eigenvalue weighted by molar-refractivity contribution is -0.115. The second-order valence-corrected chi connectivity index (χ2v) is 11.1. The number of rotatable bonds is 8. The molecule has 0 fully saturated rings. The summed E-state index contributed by atoms with van der Waals surface area (Å²) in [4.78, 5) is 23.2. The Labute approximate surface area is 209 Å². The fourth-order valence-electron chi connectivity index (χ4n) is 3.32. The molecule has 176 valence electrons. The van der Waals surface area contributed by atoms with Gasteiger partial charge in [-0.15, -0.1) is 22.7 Å². The molecule has 0 radical (unpaired) electrons. The molecule has 0 aliphatic carbocycles. The summed E-state index contributed by atoms with van der Waals surface area (Å²) < 4.78 is 19.8. The number of anilines is 2. The number of thiazole rings is 2. The number of amides is 1. The first kappa shape index (κ1) is 24.1. The van der Waals surface area contributed by atoms with Crippen molar-refractivity contribution in [1.82, 2.24) is 9.97 Å². The monoisotopic (exact) mass is 512 g/mol. The number of hydrogen-bond donors (Lipinski definition) is 1. The van der Waals surface area contributed by atoms with Crippen molar-refractivity contribution in [2.24, 2.45) is 0 Å². The molecular formula is C24H24N4O3S3. The van der Waals surface area contributed by atoms with E-state index >= 15 is 0 Å². The number of aromatic nitrogens is 2. The van der Waals surface area contributed by atoms with Crippen LogP contribution in [-0.2, 0) is 22.2 Å². The normalized spacial score (nSPS) is 11.8. The molecule has 10 heteroatoms. The van der Waals surface area contributed by atoms with Gasteiger partial charge in [-0.2, -0.15) is 0 Å². The third-order valence-corrected chi connectivity index (χ3v) is 8.30. The molecule has 0 spiro atoms. The maximum atomic E-state index is 12.9. The van der Waals surface area contributed by atoms with Gasteiger partial charge in [-0.1, -0.05) is 12.1 Å². The molecule has 2 heterocycles. The molecule has 1 atom stereocenters. The van der Waals surface area contributed by atoms with Gasteiger partial charge in [-0.3, -0.25) is 9.10 Å². The molecule has 4 rings (SSSR count). The largest absolute Gasteiger partial charge is 0.497 e. The summed E-state index contributed by atoms with van der Waals surface area (Å²) in [5, 5.41) is 6.35. The van der Waals surface area contributed by atoms with Crippen molar-refractivity contribution >= 4 is 50.4 Å². The lowest BCUT2D eigenvalue weighted by Crippen LogP contribution is -2.20. The van der Waals surface area contributed by atoms with Crippen LogP contribution >= 0.6 is 22.7 Å². The summed E-state index contributed by atoms with van der Waals surface area (Å²) in [6, 6.07) is 14.6. The van der Waals surface area contributed by atoms with E-state index in [1.54, 1.807) is 41.9 Å². The van der Waals surface area contributed by atoms with Crippen LogP contribution in [0.25, 0.3) is 10.6 Å². The third kappa shape index (κ3) is 5.52. The lowest BCUT2D eigenvalue weighted by atomic mass is 10.1. The van der Waals surface area contributed by atoms with Gasteiger partial charge in [0.2, 0.25) is 5.91 Å². The summed E-state index contributed by atoms with van der Waals surface area (Å²) in [6.07, 6.45) is 0.203. The van der Waals surface area contributed by atoms with E-state index in [2.05, 4.69) is 15.3 Å². The number of benzene rings is 2. The predicted molar refractivity (Wildman–Crippen MR) is 139 cm³/mol. The third-order valence-electron chi connectivity index (χ3n) is 5.06. The van der Waals surface area contributed by atoms with Gasteiger partial charge in [0, 0.05) is 18.1 Å². The quantitative estimate of drug-likeness (QED) is 0.349. The fraction of sp³-hybridized carbons (Fsp3) is 0.208. The molecule has 7 nitrogen and oxygen atoms in total. The van der Waals surface area contributed by atoms with Crippen molar-refractivity contribution in [3.8, 4) is 16.3 Å². The molecule has 0 aliphatic heterocycles. The van der Waals surface area contributed by atoms with E-state index in [1.165, 1.54) is 11.3 Å². The smallest absolute Gasteiger partial charge is 0.230 e. The van der Waals surface area contributed by atoms with Gasteiger partial charge >= 0.3 is 0 Å². The summed E-state index contributed by atoms with van der Waals surface area (Å²) in [5.41, 5.74) is 3.42. The number of carbonyl (C=O) groups is 1. The van der Waals surface area contributed by atoms with Gasteiger partial charge in [0.15, 0.2) is 16.1 Å². The van der Waals surface area contributed by atoms with Crippen LogP contribution in [0, 0.1) is 13.8 Å². The Balaban J connectivity index is 1.36. The Morgan fingerprint density at radius 2 is 1.79 bits per heavy atom. The SMILES string of the molecule is COc1ccc(N(C)S(=O)c2ccc(CC(=O)Nc3nc(-c4sc(C)nc4C)cs3)cc2)cc1. The number of carbonyl (C=O) groups excluding carboxylic acids is 1. The number of hydrogen-bond acceptors (Lipinski definition) is 7. The average molecular weight is 513 g/mol. The highest BCUT2D eigenvalue weighted by Crippen LogP contribution is 2.32. The summed E-state index contributed by atoms with van der Waals surface area (Å²) >= 11 is 2.99. The highest BCUT2D eigenvalue weighted by molar-refractivity contribution is 7.86. The number of aryl methyl sites for hydroxylation is 2. The number of nitrogens with one attached hydrogen (secondary N) is 1. The number of nitrogens with zero attached hydrogens (tertiary/aromatic N) is 3. The minimum atomic E-state index is -1.38. The fourth-order valence-corrected chi connectivity index (χ4v) is 5.99. The molecule has 34 heavy (non-hydrogen) atoms. The Morgan fingerprint density at radius 3 is 2.41 bits per heavy atom. The first-order valence-corrected chi connectivity index (χ1v) is 13.2. The molecule has 0 aliphatic rings. The molecule has 0 saturated carbocycles. The van der Waals surface area contributed by atoms with Gasteiger partial charge in [0.25, 0.3) is 0 Å². The lowest BCUT2D eigenvalue weighted by Gasteiger charge is -2.18. The number of methoxy groups -OCH3 is 1. The van der Waals surface area contributed by atoms with E-state index in [9.17, 15) is 9.00 Å². The Kier molecular flexibility index (Phi) is 7.40. The highest BCUT2D eigenvalue weighted by Gasteiger charge is 2.15. The van der Waals surface area contributed by atoms with E-state index in [1.807, 2.05) is 55.6 Å². The van der Waals surface area contributed by atoms with E-state index in [-0.39, 0.29) is 12.3 Å². The van der Waals surface area contributed by atoms with Crippen LogP contribution in [0.4, 0.5) is 10.8 Å². The van der Waals surface area contributed by atoms with Crippen molar-refractivity contribution in [2.45, 2.75) is 25.2 Å². The molecular weight excluding hydrogens is 488 g/mol. The summed E-state index contributed by atoms with van der Waals surface area (Å²) in [6.45, 7) is 3.93. The molecule has 2 aromatic heterocycles. The molecule has 2 aromatic carbocycles. The zero-order valence-corrected chi connectivity index (χ0v) is 21.6. The maximum absolute atomic E-state index is 12.9. The van der Waals surface area contributed by atoms with Gasteiger partial charge in [0.1, 0.15) is 5.75 Å². The van der Waals surface area contributed by atoms with Gasteiger partial charge in [-0.05, 0) is 55.8 Å². The Bertz CT molecular complexity index is 1310. The molecule has 0 saturated heterocycles. The first-order valence-electron chi connectivity index (χ1n) is 10.4. The van der Waals surface area contributed by atoms with Crippen LogP contribution in [0.2, 0.25) is 0 Å².